The summed E-state index contributed by atoms with van der Waals surface area (Å²) in [6.45, 7) is 8.24. The first-order chi connectivity index (χ1) is 6.88. The van der Waals surface area contributed by atoms with E-state index in [0.717, 1.165) is 16.7 Å². The number of aliphatic hydroxyl groups excluding tert-OH is 1. The predicted octanol–water partition coefficient (Wildman–Crippen LogP) is 2.53. The van der Waals surface area contributed by atoms with Gasteiger partial charge in [-0.05, 0) is 35.4 Å². The molecule has 1 aromatic carbocycles. The lowest BCUT2D eigenvalue weighted by atomic mass is 9.84. The zero-order valence-corrected chi connectivity index (χ0v) is 9.96. The van der Waals surface area contributed by atoms with Gasteiger partial charge in [0.1, 0.15) is 5.75 Å². The van der Waals surface area contributed by atoms with Gasteiger partial charge in [-0.1, -0.05) is 32.9 Å². The van der Waals surface area contributed by atoms with Gasteiger partial charge in [0, 0.05) is 6.61 Å². The maximum absolute atomic E-state index is 10.1. The third kappa shape index (κ3) is 2.51. The Bertz CT molecular complexity index is 348. The van der Waals surface area contributed by atoms with Crippen LogP contribution in [0, 0.1) is 6.92 Å². The number of rotatable bonds is 2. The molecule has 0 saturated heterocycles. The molecule has 2 nitrogen and oxygen atoms in total. The second-order valence-corrected chi connectivity index (χ2v) is 4.98. The largest absolute Gasteiger partial charge is 0.507 e. The number of aliphatic hydroxyl groups is 1. The number of aromatic hydroxyl groups is 1. The van der Waals surface area contributed by atoms with Crippen molar-refractivity contribution in [3.63, 3.8) is 0 Å². The highest BCUT2D eigenvalue weighted by atomic mass is 16.3. The topological polar surface area (TPSA) is 40.5 Å². The van der Waals surface area contributed by atoms with E-state index in [1.54, 1.807) is 0 Å². The summed E-state index contributed by atoms with van der Waals surface area (Å²) in [5.74, 6) is 0.344. The Morgan fingerprint density at radius 3 is 2.27 bits per heavy atom. The lowest BCUT2D eigenvalue weighted by Gasteiger charge is -2.22. The molecule has 0 unspecified atom stereocenters. The Morgan fingerprint density at radius 2 is 1.80 bits per heavy atom. The Morgan fingerprint density at radius 1 is 1.20 bits per heavy atom. The third-order valence-electron chi connectivity index (χ3n) is 2.69. The summed E-state index contributed by atoms with van der Waals surface area (Å²) in [4.78, 5) is 0. The first kappa shape index (κ1) is 12.1. The van der Waals surface area contributed by atoms with Crippen LogP contribution in [0.2, 0.25) is 0 Å². The number of hydrogen-bond acceptors (Lipinski definition) is 2. The normalized spacial score (nSPS) is 11.8. The van der Waals surface area contributed by atoms with Crippen LogP contribution >= 0.6 is 0 Å². The highest BCUT2D eigenvalue weighted by Gasteiger charge is 2.20. The van der Waals surface area contributed by atoms with Crippen LogP contribution in [0.1, 0.15) is 37.5 Å². The van der Waals surface area contributed by atoms with Gasteiger partial charge in [0.25, 0.3) is 0 Å². The smallest absolute Gasteiger partial charge is 0.122 e. The molecule has 15 heavy (non-hydrogen) atoms. The van der Waals surface area contributed by atoms with Crippen LogP contribution in [0.3, 0.4) is 0 Å². The van der Waals surface area contributed by atoms with Gasteiger partial charge in [-0.15, -0.1) is 0 Å². The standard InChI is InChI=1S/C13H20O2/c1-9-5-6-11(13(2,3)4)12(15)10(9)7-8-14/h5-6,14-15H,7-8H2,1-4H3. The second kappa shape index (κ2) is 4.23. The van der Waals surface area contributed by atoms with Crippen molar-refractivity contribution in [2.45, 2.75) is 39.5 Å². The van der Waals surface area contributed by atoms with Crippen molar-refractivity contribution in [3.8, 4) is 5.75 Å². The third-order valence-corrected chi connectivity index (χ3v) is 2.69. The van der Waals surface area contributed by atoms with Crippen molar-refractivity contribution in [1.82, 2.24) is 0 Å². The van der Waals surface area contributed by atoms with E-state index in [1.165, 1.54) is 0 Å². The summed E-state index contributed by atoms with van der Waals surface area (Å²) in [5.41, 5.74) is 2.78. The van der Waals surface area contributed by atoms with Crippen molar-refractivity contribution < 1.29 is 10.2 Å². The van der Waals surface area contributed by atoms with Gasteiger partial charge in [0.2, 0.25) is 0 Å². The molecule has 0 spiro atoms. The van der Waals surface area contributed by atoms with E-state index in [9.17, 15) is 5.11 Å². The monoisotopic (exact) mass is 208 g/mol. The highest BCUT2D eigenvalue weighted by molar-refractivity contribution is 5.48. The molecule has 2 N–H and O–H groups in total. The average Bonchev–Trinajstić information content (AvgIpc) is 2.09. The highest BCUT2D eigenvalue weighted by Crippen LogP contribution is 2.34. The predicted molar refractivity (Wildman–Crippen MR) is 62.3 cm³/mol. The molecule has 0 amide bonds. The van der Waals surface area contributed by atoms with Gasteiger partial charge >= 0.3 is 0 Å². The van der Waals surface area contributed by atoms with Crippen LogP contribution < -0.4 is 0 Å². The van der Waals surface area contributed by atoms with Gasteiger partial charge in [0.05, 0.1) is 0 Å². The molecule has 0 heterocycles. The van der Waals surface area contributed by atoms with Crippen LogP contribution in [0.15, 0.2) is 12.1 Å². The summed E-state index contributed by atoms with van der Waals surface area (Å²) < 4.78 is 0. The van der Waals surface area contributed by atoms with Gasteiger partial charge in [-0.25, -0.2) is 0 Å². The van der Waals surface area contributed by atoms with Crippen molar-refractivity contribution in [1.29, 1.82) is 0 Å². The SMILES string of the molecule is Cc1ccc(C(C)(C)C)c(O)c1CCO. The molecular weight excluding hydrogens is 188 g/mol. The van der Waals surface area contributed by atoms with Crippen LogP contribution in [0.5, 0.6) is 5.75 Å². The number of aryl methyl sites for hydroxylation is 1. The summed E-state index contributed by atoms with van der Waals surface area (Å²) in [7, 11) is 0. The van der Waals surface area contributed by atoms with Gasteiger partial charge < -0.3 is 10.2 Å². The minimum absolute atomic E-state index is 0.0675. The molecule has 0 saturated carbocycles. The maximum atomic E-state index is 10.1. The first-order valence-electron chi connectivity index (χ1n) is 5.30. The fourth-order valence-electron chi connectivity index (χ4n) is 1.77. The Labute approximate surface area is 91.6 Å². The Balaban J connectivity index is 3.28. The lowest BCUT2D eigenvalue weighted by Crippen LogP contribution is -2.12. The lowest BCUT2D eigenvalue weighted by molar-refractivity contribution is 0.296. The number of phenolic OH excluding ortho intramolecular Hbond substituents is 1. The van der Waals surface area contributed by atoms with Crippen LogP contribution in [0.25, 0.3) is 0 Å². The van der Waals surface area contributed by atoms with E-state index in [4.69, 9.17) is 5.11 Å². The van der Waals surface area contributed by atoms with Crippen molar-refractivity contribution in [3.05, 3.63) is 28.8 Å². The second-order valence-electron chi connectivity index (χ2n) is 4.98. The molecule has 2 heteroatoms. The van der Waals surface area contributed by atoms with E-state index >= 15 is 0 Å². The first-order valence-corrected chi connectivity index (χ1v) is 5.30. The number of hydrogen-bond donors (Lipinski definition) is 2. The molecule has 84 valence electrons. The summed E-state index contributed by atoms with van der Waals surface area (Å²) in [6.07, 6.45) is 0.515. The molecule has 1 aromatic rings. The molecule has 0 radical (unpaired) electrons. The molecule has 0 atom stereocenters. The minimum atomic E-state index is -0.0675. The van der Waals surface area contributed by atoms with Crippen molar-refractivity contribution in [2.75, 3.05) is 6.61 Å². The Hall–Kier alpha value is -1.02. The Kier molecular flexibility index (Phi) is 3.40. The fourth-order valence-corrected chi connectivity index (χ4v) is 1.77. The maximum Gasteiger partial charge on any atom is 0.122 e. The number of phenols is 1. The van der Waals surface area contributed by atoms with E-state index in [2.05, 4.69) is 20.8 Å². The minimum Gasteiger partial charge on any atom is -0.507 e. The zero-order valence-electron chi connectivity index (χ0n) is 9.96. The van der Waals surface area contributed by atoms with Crippen LogP contribution in [-0.4, -0.2) is 16.8 Å². The van der Waals surface area contributed by atoms with Crippen LogP contribution in [-0.2, 0) is 11.8 Å². The van der Waals surface area contributed by atoms with Crippen LogP contribution in [0.4, 0.5) is 0 Å². The zero-order chi connectivity index (χ0) is 11.6. The molecule has 0 fully saturated rings. The number of benzene rings is 1. The van der Waals surface area contributed by atoms with E-state index in [0.29, 0.717) is 12.2 Å². The van der Waals surface area contributed by atoms with Gasteiger partial charge in [-0.2, -0.15) is 0 Å². The van der Waals surface area contributed by atoms with Crippen molar-refractivity contribution >= 4 is 0 Å². The van der Waals surface area contributed by atoms with E-state index in [1.807, 2.05) is 19.1 Å². The van der Waals surface area contributed by atoms with Gasteiger partial charge in [0.15, 0.2) is 0 Å². The summed E-state index contributed by atoms with van der Waals surface area (Å²) >= 11 is 0. The van der Waals surface area contributed by atoms with E-state index in [-0.39, 0.29) is 12.0 Å². The van der Waals surface area contributed by atoms with Crippen molar-refractivity contribution in [2.24, 2.45) is 0 Å². The quantitative estimate of drug-likeness (QED) is 0.784. The molecule has 0 aromatic heterocycles. The average molecular weight is 208 g/mol. The molecule has 0 bridgehead atoms. The summed E-state index contributed by atoms with van der Waals surface area (Å²) in [6, 6.07) is 3.97. The van der Waals surface area contributed by atoms with E-state index < -0.39 is 0 Å². The van der Waals surface area contributed by atoms with Gasteiger partial charge in [-0.3, -0.25) is 0 Å². The molecule has 0 aliphatic heterocycles. The molecule has 0 aliphatic rings. The molecular formula is C13H20O2. The fraction of sp³-hybridized carbons (Fsp3) is 0.538. The molecule has 0 aliphatic carbocycles. The summed E-state index contributed by atoms with van der Waals surface area (Å²) in [5, 5.41) is 19.1. The molecule has 1 rings (SSSR count).